The number of carbonyl (C=O) groups excluding carboxylic acids is 1. The van der Waals surface area contributed by atoms with E-state index in [1.54, 1.807) is 36.9 Å². The number of furan rings is 1. The lowest BCUT2D eigenvalue weighted by Crippen LogP contribution is -2.34. The van der Waals surface area contributed by atoms with Crippen LogP contribution in [-0.4, -0.2) is 43.0 Å². The molecule has 3 aromatic rings. The van der Waals surface area contributed by atoms with Crippen LogP contribution in [0.15, 0.2) is 65.5 Å². The van der Waals surface area contributed by atoms with Gasteiger partial charge in [-0.3, -0.25) is 14.7 Å². The Hall–Kier alpha value is -3.32. The van der Waals surface area contributed by atoms with Crippen LogP contribution in [0.4, 0.5) is 0 Å². The minimum atomic E-state index is -0.187. The van der Waals surface area contributed by atoms with E-state index in [9.17, 15) is 4.79 Å². The molecule has 1 unspecified atom stereocenters. The normalized spacial score (nSPS) is 11.9. The number of rotatable bonds is 10. The molecule has 3 rings (SSSR count). The predicted octanol–water partition coefficient (Wildman–Crippen LogP) is 3.69. The number of hydrogen-bond donors (Lipinski definition) is 1. The second kappa shape index (κ2) is 10.5. The zero-order chi connectivity index (χ0) is 21.3. The second-order valence-corrected chi connectivity index (χ2v) is 6.95. The Morgan fingerprint density at radius 2 is 2.03 bits per heavy atom. The number of carbonyl (C=O) groups is 1. The summed E-state index contributed by atoms with van der Waals surface area (Å²) in [4.78, 5) is 18.8. The van der Waals surface area contributed by atoms with Crippen LogP contribution < -0.4 is 14.8 Å². The van der Waals surface area contributed by atoms with Crippen LogP contribution in [-0.2, 0) is 6.61 Å². The lowest BCUT2D eigenvalue weighted by Gasteiger charge is -2.22. The average molecular weight is 409 g/mol. The van der Waals surface area contributed by atoms with Gasteiger partial charge in [-0.1, -0.05) is 6.07 Å². The maximum absolute atomic E-state index is 12.7. The zero-order valence-electron chi connectivity index (χ0n) is 17.5. The molecule has 0 saturated heterocycles. The Morgan fingerprint density at radius 3 is 2.70 bits per heavy atom. The van der Waals surface area contributed by atoms with Crippen molar-refractivity contribution in [3.05, 3.63) is 78.0 Å². The van der Waals surface area contributed by atoms with Gasteiger partial charge in [-0.2, -0.15) is 0 Å². The zero-order valence-corrected chi connectivity index (χ0v) is 17.5. The molecule has 0 aliphatic carbocycles. The molecule has 7 heteroatoms. The number of pyridine rings is 1. The summed E-state index contributed by atoms with van der Waals surface area (Å²) in [6.45, 7) is 3.15. The topological polar surface area (TPSA) is 76.8 Å². The summed E-state index contributed by atoms with van der Waals surface area (Å²) in [5.74, 6) is 1.73. The molecule has 30 heavy (non-hydrogen) atoms. The first-order chi connectivity index (χ1) is 14.6. The van der Waals surface area contributed by atoms with E-state index in [-0.39, 0.29) is 11.9 Å². The van der Waals surface area contributed by atoms with Gasteiger partial charge in [0, 0.05) is 30.1 Å². The molecule has 1 atom stereocenters. The number of likely N-dealkylation sites (N-methyl/N-ethyl adjacent to an activating group) is 1. The van der Waals surface area contributed by atoms with E-state index >= 15 is 0 Å². The first-order valence-electron chi connectivity index (χ1n) is 9.85. The van der Waals surface area contributed by atoms with Gasteiger partial charge in [0.15, 0.2) is 11.5 Å². The second-order valence-electron chi connectivity index (χ2n) is 6.95. The lowest BCUT2D eigenvalue weighted by molar-refractivity contribution is 0.0938. The van der Waals surface area contributed by atoms with Gasteiger partial charge in [-0.25, -0.2) is 0 Å². The van der Waals surface area contributed by atoms with Crippen molar-refractivity contribution in [1.82, 2.24) is 15.2 Å². The molecule has 2 heterocycles. The molecular formula is C23H27N3O4. The molecule has 1 amide bonds. The van der Waals surface area contributed by atoms with Crippen molar-refractivity contribution in [3.8, 4) is 11.5 Å². The highest BCUT2D eigenvalue weighted by molar-refractivity contribution is 5.94. The molecule has 0 fully saturated rings. The maximum Gasteiger partial charge on any atom is 0.251 e. The van der Waals surface area contributed by atoms with Gasteiger partial charge in [0.25, 0.3) is 5.91 Å². The van der Waals surface area contributed by atoms with Gasteiger partial charge in [0.2, 0.25) is 0 Å². The molecule has 1 aromatic carbocycles. The first kappa shape index (κ1) is 21.4. The molecule has 0 spiro atoms. The fourth-order valence-electron chi connectivity index (χ4n) is 2.99. The lowest BCUT2D eigenvalue weighted by atomic mass is 10.1. The van der Waals surface area contributed by atoms with Crippen molar-refractivity contribution in [3.63, 3.8) is 0 Å². The van der Waals surface area contributed by atoms with Gasteiger partial charge in [-0.15, -0.1) is 0 Å². The molecule has 0 saturated carbocycles. The van der Waals surface area contributed by atoms with Crippen LogP contribution in [0, 0.1) is 0 Å². The summed E-state index contributed by atoms with van der Waals surface area (Å²) in [5, 5.41) is 2.97. The van der Waals surface area contributed by atoms with Crippen LogP contribution in [0.2, 0.25) is 0 Å². The fraction of sp³-hybridized carbons (Fsp3) is 0.304. The smallest absolute Gasteiger partial charge is 0.251 e. The van der Waals surface area contributed by atoms with Crippen molar-refractivity contribution in [2.45, 2.75) is 19.6 Å². The third-order valence-electron chi connectivity index (χ3n) is 4.57. The number of amides is 1. The highest BCUT2D eigenvalue weighted by Crippen LogP contribution is 2.29. The average Bonchev–Trinajstić information content (AvgIpc) is 3.28. The SMILES string of the molecule is CCOc1cc(C(=O)NCC(c2ccco2)N(C)C)ccc1OCc1cccnc1. The van der Waals surface area contributed by atoms with Crippen LogP contribution in [0.5, 0.6) is 11.5 Å². The minimum Gasteiger partial charge on any atom is -0.490 e. The Labute approximate surface area is 176 Å². The van der Waals surface area contributed by atoms with E-state index in [4.69, 9.17) is 13.9 Å². The van der Waals surface area contributed by atoms with Gasteiger partial charge < -0.3 is 19.2 Å². The molecule has 0 aliphatic heterocycles. The quantitative estimate of drug-likeness (QED) is 0.550. The van der Waals surface area contributed by atoms with Gasteiger partial charge in [-0.05, 0) is 57.4 Å². The largest absolute Gasteiger partial charge is 0.490 e. The molecule has 2 aromatic heterocycles. The summed E-state index contributed by atoms with van der Waals surface area (Å²) in [6, 6.07) is 12.7. The summed E-state index contributed by atoms with van der Waals surface area (Å²) in [6.07, 6.45) is 5.10. The monoisotopic (exact) mass is 409 g/mol. The van der Waals surface area contributed by atoms with E-state index < -0.39 is 0 Å². The standard InChI is InChI=1S/C23H27N3O4/c1-4-28-22-13-18(9-10-21(22)30-16-17-7-5-11-24-14-17)23(27)25-15-19(26(2)3)20-8-6-12-29-20/h5-14,19H,4,15-16H2,1-3H3,(H,25,27). The fourth-order valence-corrected chi connectivity index (χ4v) is 2.99. The molecule has 1 N–H and O–H groups in total. The van der Waals surface area contributed by atoms with E-state index in [0.29, 0.717) is 36.8 Å². The predicted molar refractivity (Wildman–Crippen MR) is 114 cm³/mol. The van der Waals surface area contributed by atoms with Crippen molar-refractivity contribution in [2.75, 3.05) is 27.2 Å². The van der Waals surface area contributed by atoms with Gasteiger partial charge in [0.05, 0.1) is 18.9 Å². The molecule has 0 radical (unpaired) electrons. The van der Waals surface area contributed by atoms with Crippen LogP contribution in [0.1, 0.15) is 34.6 Å². The number of hydrogen-bond acceptors (Lipinski definition) is 6. The minimum absolute atomic E-state index is 0.0580. The van der Waals surface area contributed by atoms with Gasteiger partial charge >= 0.3 is 0 Å². The summed E-state index contributed by atoms with van der Waals surface area (Å²) < 4.78 is 17.1. The van der Waals surface area contributed by atoms with Crippen molar-refractivity contribution < 1.29 is 18.7 Å². The van der Waals surface area contributed by atoms with Gasteiger partial charge in [0.1, 0.15) is 12.4 Å². The Morgan fingerprint density at radius 1 is 1.17 bits per heavy atom. The number of aromatic nitrogens is 1. The Bertz CT molecular complexity index is 927. The molecular weight excluding hydrogens is 382 g/mol. The number of ether oxygens (including phenoxy) is 2. The van der Waals surface area contributed by atoms with Crippen molar-refractivity contribution >= 4 is 5.91 Å². The summed E-state index contributed by atoms with van der Waals surface area (Å²) in [7, 11) is 3.89. The molecule has 0 bridgehead atoms. The summed E-state index contributed by atoms with van der Waals surface area (Å²) >= 11 is 0. The number of nitrogens with one attached hydrogen (secondary N) is 1. The van der Waals surface area contributed by atoms with Crippen molar-refractivity contribution in [1.29, 1.82) is 0 Å². The van der Waals surface area contributed by atoms with E-state index in [2.05, 4.69) is 10.3 Å². The van der Waals surface area contributed by atoms with E-state index in [0.717, 1.165) is 11.3 Å². The van der Waals surface area contributed by atoms with Crippen molar-refractivity contribution in [2.24, 2.45) is 0 Å². The molecule has 158 valence electrons. The third kappa shape index (κ3) is 5.61. The Kier molecular flexibility index (Phi) is 7.45. The van der Waals surface area contributed by atoms with E-state index in [1.165, 1.54) is 0 Å². The van der Waals surface area contributed by atoms with Crippen LogP contribution in [0.3, 0.4) is 0 Å². The summed E-state index contributed by atoms with van der Waals surface area (Å²) in [5.41, 5.74) is 1.46. The highest BCUT2D eigenvalue weighted by Gasteiger charge is 2.19. The van der Waals surface area contributed by atoms with Crippen LogP contribution in [0.25, 0.3) is 0 Å². The molecule has 7 nitrogen and oxygen atoms in total. The number of benzene rings is 1. The maximum atomic E-state index is 12.7. The molecule has 0 aliphatic rings. The number of nitrogens with zero attached hydrogens (tertiary/aromatic N) is 2. The van der Waals surface area contributed by atoms with E-state index in [1.807, 2.05) is 50.2 Å². The first-order valence-corrected chi connectivity index (χ1v) is 9.85. The van der Waals surface area contributed by atoms with Crippen LogP contribution >= 0.6 is 0 Å². The Balaban J connectivity index is 1.67. The third-order valence-corrected chi connectivity index (χ3v) is 4.57. The highest BCUT2D eigenvalue weighted by atomic mass is 16.5.